The van der Waals surface area contributed by atoms with Gasteiger partial charge in [-0.25, -0.2) is 0 Å². The Bertz CT molecular complexity index is 923. The van der Waals surface area contributed by atoms with Crippen LogP contribution in [0.25, 0.3) is 22.2 Å². The summed E-state index contributed by atoms with van der Waals surface area (Å²) in [7, 11) is 2.18. The Morgan fingerprint density at radius 1 is 1.04 bits per heavy atom. The topological polar surface area (TPSA) is 37.3 Å². The molecular weight excluding hydrogens is 346 g/mol. The molecule has 0 spiro atoms. The summed E-state index contributed by atoms with van der Waals surface area (Å²) in [6.07, 6.45) is 3.57. The van der Waals surface area contributed by atoms with Gasteiger partial charge < -0.3 is 14.8 Å². The number of rotatable bonds is 6. The zero-order valence-corrected chi connectivity index (χ0v) is 16.6. The molecule has 0 unspecified atom stereocenters. The Morgan fingerprint density at radius 3 is 2.54 bits per heavy atom. The summed E-state index contributed by atoms with van der Waals surface area (Å²) in [5.41, 5.74) is 3.33. The van der Waals surface area contributed by atoms with E-state index in [1.165, 1.54) is 31.3 Å². The standard InChI is InChI=1S/C24H29N3O/c1-26-15-12-19(13-16-26)11-14-25-24(28)18-27-22-10-6-5-9-21(22)17-23(27)20-7-3-2-4-8-20/h2-10,17,19H,11-16,18H2,1H3,(H,25,28). The van der Waals surface area contributed by atoms with Crippen LogP contribution >= 0.6 is 0 Å². The van der Waals surface area contributed by atoms with Crippen LogP contribution in [0, 0.1) is 5.92 Å². The minimum atomic E-state index is 0.0893. The molecule has 0 bridgehead atoms. The molecule has 0 radical (unpaired) electrons. The van der Waals surface area contributed by atoms with E-state index in [0.717, 1.165) is 35.7 Å². The molecule has 0 aliphatic carbocycles. The summed E-state index contributed by atoms with van der Waals surface area (Å²) in [4.78, 5) is 15.1. The van der Waals surface area contributed by atoms with E-state index in [-0.39, 0.29) is 5.91 Å². The molecule has 1 saturated heterocycles. The van der Waals surface area contributed by atoms with Crippen molar-refractivity contribution in [1.82, 2.24) is 14.8 Å². The van der Waals surface area contributed by atoms with Gasteiger partial charge in [0.2, 0.25) is 5.91 Å². The highest BCUT2D eigenvalue weighted by molar-refractivity contribution is 5.89. The fourth-order valence-corrected chi connectivity index (χ4v) is 4.19. The Morgan fingerprint density at radius 2 is 1.75 bits per heavy atom. The summed E-state index contributed by atoms with van der Waals surface area (Å²) >= 11 is 0. The van der Waals surface area contributed by atoms with E-state index in [4.69, 9.17) is 0 Å². The summed E-state index contributed by atoms with van der Waals surface area (Å²) < 4.78 is 2.13. The van der Waals surface area contributed by atoms with Crippen molar-refractivity contribution >= 4 is 16.8 Å². The summed E-state index contributed by atoms with van der Waals surface area (Å²) in [6.45, 7) is 3.47. The Labute approximate surface area is 167 Å². The van der Waals surface area contributed by atoms with Gasteiger partial charge in [-0.15, -0.1) is 0 Å². The molecule has 3 aromatic rings. The monoisotopic (exact) mass is 375 g/mol. The normalized spacial score (nSPS) is 15.8. The van der Waals surface area contributed by atoms with Crippen molar-refractivity contribution in [3.05, 3.63) is 60.7 Å². The number of nitrogens with zero attached hydrogens (tertiary/aromatic N) is 2. The number of aromatic nitrogens is 1. The van der Waals surface area contributed by atoms with Crippen LogP contribution in [0.5, 0.6) is 0 Å². The Kier molecular flexibility index (Phi) is 5.77. The lowest BCUT2D eigenvalue weighted by molar-refractivity contribution is -0.121. The van der Waals surface area contributed by atoms with Gasteiger partial charge in [-0.3, -0.25) is 4.79 Å². The van der Waals surface area contributed by atoms with Crippen molar-refractivity contribution < 1.29 is 4.79 Å². The van der Waals surface area contributed by atoms with E-state index in [0.29, 0.717) is 6.54 Å². The first-order valence-electron chi connectivity index (χ1n) is 10.3. The van der Waals surface area contributed by atoms with Gasteiger partial charge in [-0.05, 0) is 63.0 Å². The highest BCUT2D eigenvalue weighted by Gasteiger charge is 2.17. The fourth-order valence-electron chi connectivity index (χ4n) is 4.19. The number of likely N-dealkylation sites (tertiary alicyclic amines) is 1. The minimum Gasteiger partial charge on any atom is -0.355 e. The van der Waals surface area contributed by atoms with Crippen LogP contribution in [0.4, 0.5) is 0 Å². The van der Waals surface area contributed by atoms with E-state index in [2.05, 4.69) is 52.2 Å². The zero-order chi connectivity index (χ0) is 19.3. The van der Waals surface area contributed by atoms with Crippen LogP contribution in [0.3, 0.4) is 0 Å². The molecule has 1 amide bonds. The van der Waals surface area contributed by atoms with Crippen LogP contribution in [0.15, 0.2) is 60.7 Å². The van der Waals surface area contributed by atoms with Crippen LogP contribution in [0.1, 0.15) is 19.3 Å². The van der Waals surface area contributed by atoms with Gasteiger partial charge in [0.1, 0.15) is 6.54 Å². The van der Waals surface area contributed by atoms with E-state index < -0.39 is 0 Å². The maximum atomic E-state index is 12.7. The number of para-hydroxylation sites is 1. The predicted octanol–water partition coefficient (Wildman–Crippen LogP) is 4.16. The maximum absolute atomic E-state index is 12.7. The van der Waals surface area contributed by atoms with Crippen LogP contribution in [-0.4, -0.2) is 42.1 Å². The lowest BCUT2D eigenvalue weighted by Crippen LogP contribution is -2.33. The van der Waals surface area contributed by atoms with E-state index in [1.807, 2.05) is 30.3 Å². The van der Waals surface area contributed by atoms with Crippen LogP contribution < -0.4 is 5.32 Å². The first-order valence-corrected chi connectivity index (χ1v) is 10.3. The highest BCUT2D eigenvalue weighted by atomic mass is 16.1. The number of carbonyl (C=O) groups is 1. The number of carbonyl (C=O) groups excluding carboxylic acids is 1. The van der Waals surface area contributed by atoms with Crippen molar-refractivity contribution in [1.29, 1.82) is 0 Å². The molecule has 0 saturated carbocycles. The van der Waals surface area contributed by atoms with Gasteiger partial charge in [-0.1, -0.05) is 48.5 Å². The SMILES string of the molecule is CN1CCC(CCNC(=O)Cn2c(-c3ccccc3)cc3ccccc32)CC1. The van der Waals surface area contributed by atoms with Crippen LogP contribution in [-0.2, 0) is 11.3 Å². The summed E-state index contributed by atoms with van der Waals surface area (Å²) in [6, 6.07) is 20.8. The number of nitrogens with one attached hydrogen (secondary N) is 1. The van der Waals surface area contributed by atoms with Crippen LogP contribution in [0.2, 0.25) is 0 Å². The second kappa shape index (κ2) is 8.61. The summed E-state index contributed by atoms with van der Waals surface area (Å²) in [5, 5.41) is 4.32. The van der Waals surface area contributed by atoms with Crippen molar-refractivity contribution in [3.63, 3.8) is 0 Å². The average molecular weight is 376 g/mol. The highest BCUT2D eigenvalue weighted by Crippen LogP contribution is 2.28. The number of benzene rings is 2. The largest absolute Gasteiger partial charge is 0.355 e. The Balaban J connectivity index is 1.44. The molecule has 4 nitrogen and oxygen atoms in total. The number of amides is 1. The number of fused-ring (bicyclic) bond motifs is 1. The third-order valence-corrected chi connectivity index (χ3v) is 5.89. The third-order valence-electron chi connectivity index (χ3n) is 5.89. The molecule has 4 rings (SSSR count). The predicted molar refractivity (Wildman–Crippen MR) is 115 cm³/mol. The van der Waals surface area contributed by atoms with Gasteiger partial charge in [0.05, 0.1) is 0 Å². The lowest BCUT2D eigenvalue weighted by Gasteiger charge is -2.28. The van der Waals surface area contributed by atoms with E-state index in [9.17, 15) is 4.79 Å². The van der Waals surface area contributed by atoms with Gasteiger partial charge in [-0.2, -0.15) is 0 Å². The molecule has 1 aliphatic heterocycles. The van der Waals surface area contributed by atoms with Gasteiger partial charge >= 0.3 is 0 Å². The van der Waals surface area contributed by atoms with Gasteiger partial charge in [0.15, 0.2) is 0 Å². The second-order valence-corrected chi connectivity index (χ2v) is 7.93. The minimum absolute atomic E-state index is 0.0893. The van der Waals surface area contributed by atoms with Gasteiger partial charge in [0, 0.05) is 23.1 Å². The number of hydrogen-bond acceptors (Lipinski definition) is 2. The fraction of sp³-hybridized carbons (Fsp3) is 0.375. The number of hydrogen-bond donors (Lipinski definition) is 1. The van der Waals surface area contributed by atoms with Crippen molar-refractivity contribution in [2.75, 3.05) is 26.7 Å². The molecule has 4 heteroatoms. The average Bonchev–Trinajstić information content (AvgIpc) is 3.09. The third kappa shape index (κ3) is 4.28. The molecule has 2 heterocycles. The smallest absolute Gasteiger partial charge is 0.239 e. The van der Waals surface area contributed by atoms with Crippen molar-refractivity contribution in [3.8, 4) is 11.3 Å². The quantitative estimate of drug-likeness (QED) is 0.702. The maximum Gasteiger partial charge on any atom is 0.239 e. The molecule has 0 atom stereocenters. The zero-order valence-electron chi connectivity index (χ0n) is 16.6. The van der Waals surface area contributed by atoms with E-state index in [1.54, 1.807) is 0 Å². The molecule has 1 aliphatic rings. The van der Waals surface area contributed by atoms with Crippen molar-refractivity contribution in [2.45, 2.75) is 25.8 Å². The molecule has 1 fully saturated rings. The second-order valence-electron chi connectivity index (χ2n) is 7.93. The lowest BCUT2D eigenvalue weighted by atomic mass is 9.94. The molecule has 1 aromatic heterocycles. The molecule has 146 valence electrons. The summed E-state index contributed by atoms with van der Waals surface area (Å²) in [5.74, 6) is 0.829. The first-order chi connectivity index (χ1) is 13.7. The molecule has 28 heavy (non-hydrogen) atoms. The number of piperidine rings is 1. The van der Waals surface area contributed by atoms with Crippen molar-refractivity contribution in [2.24, 2.45) is 5.92 Å². The van der Waals surface area contributed by atoms with E-state index >= 15 is 0 Å². The molecular formula is C24H29N3O. The molecule has 1 N–H and O–H groups in total. The Hall–Kier alpha value is -2.59. The first kappa shape index (κ1) is 18.8. The molecule has 2 aromatic carbocycles. The van der Waals surface area contributed by atoms with Gasteiger partial charge in [0.25, 0.3) is 0 Å².